The Bertz CT molecular complexity index is 425. The van der Waals surface area contributed by atoms with Gasteiger partial charge in [-0.15, -0.1) is 0 Å². The molecule has 19 heavy (non-hydrogen) atoms. The van der Waals surface area contributed by atoms with Gasteiger partial charge in [0.05, 0.1) is 0 Å². The molecule has 3 nitrogen and oxygen atoms in total. The molecule has 0 fully saturated rings. The molecule has 0 aromatic heterocycles. The molecule has 0 N–H and O–H groups in total. The van der Waals surface area contributed by atoms with Crippen LogP contribution >= 0.6 is 0 Å². The SMILES string of the molecule is COC1(C/C=C(\C)CCC=C(C)C)OC(=O)C=C1C. The number of esters is 1. The summed E-state index contributed by atoms with van der Waals surface area (Å²) in [7, 11) is 1.57. The topological polar surface area (TPSA) is 35.5 Å². The van der Waals surface area contributed by atoms with Crippen LogP contribution in [0.25, 0.3) is 0 Å². The molecule has 0 amide bonds. The molecular weight excluding hydrogens is 240 g/mol. The van der Waals surface area contributed by atoms with E-state index in [4.69, 9.17) is 9.47 Å². The van der Waals surface area contributed by atoms with Crippen LogP contribution in [0.3, 0.4) is 0 Å². The highest BCUT2D eigenvalue weighted by Gasteiger charge is 2.40. The van der Waals surface area contributed by atoms with Crippen molar-refractivity contribution < 1.29 is 14.3 Å². The summed E-state index contributed by atoms with van der Waals surface area (Å²) < 4.78 is 10.7. The molecule has 0 aliphatic carbocycles. The Hall–Kier alpha value is -1.35. The first kappa shape index (κ1) is 15.7. The number of cyclic esters (lactones) is 1. The van der Waals surface area contributed by atoms with Crippen molar-refractivity contribution in [2.45, 2.75) is 52.7 Å². The lowest BCUT2D eigenvalue weighted by atomic mass is 10.0. The van der Waals surface area contributed by atoms with Crippen molar-refractivity contribution in [3.05, 3.63) is 34.9 Å². The van der Waals surface area contributed by atoms with Crippen molar-refractivity contribution in [2.24, 2.45) is 0 Å². The number of hydrogen-bond donors (Lipinski definition) is 0. The summed E-state index contributed by atoms with van der Waals surface area (Å²) in [6.07, 6.45) is 8.44. The van der Waals surface area contributed by atoms with Crippen LogP contribution in [0.2, 0.25) is 0 Å². The van der Waals surface area contributed by atoms with Gasteiger partial charge in [-0.25, -0.2) is 4.79 Å². The van der Waals surface area contributed by atoms with Crippen molar-refractivity contribution in [1.82, 2.24) is 0 Å². The number of ether oxygens (including phenoxy) is 2. The summed E-state index contributed by atoms with van der Waals surface area (Å²) in [4.78, 5) is 11.3. The molecule has 1 aliphatic heterocycles. The fraction of sp³-hybridized carbons (Fsp3) is 0.562. The third-order valence-corrected chi connectivity index (χ3v) is 3.34. The van der Waals surface area contributed by atoms with Crippen LogP contribution in [0.15, 0.2) is 34.9 Å². The van der Waals surface area contributed by atoms with Crippen LogP contribution < -0.4 is 0 Å². The maximum absolute atomic E-state index is 11.3. The first-order valence-corrected chi connectivity index (χ1v) is 6.65. The normalized spacial score (nSPS) is 23.1. The van der Waals surface area contributed by atoms with Crippen molar-refractivity contribution >= 4 is 5.97 Å². The smallest absolute Gasteiger partial charge is 0.333 e. The minimum atomic E-state index is -0.894. The van der Waals surface area contributed by atoms with Gasteiger partial charge in [0.25, 0.3) is 0 Å². The molecular formula is C16H24O3. The van der Waals surface area contributed by atoms with E-state index in [2.05, 4.69) is 32.9 Å². The second-order valence-corrected chi connectivity index (χ2v) is 5.28. The predicted octanol–water partition coefficient (Wildman–Crippen LogP) is 3.92. The summed E-state index contributed by atoms with van der Waals surface area (Å²) in [6.45, 7) is 8.16. The molecule has 106 valence electrons. The van der Waals surface area contributed by atoms with Crippen LogP contribution in [-0.4, -0.2) is 18.9 Å². The van der Waals surface area contributed by atoms with E-state index in [-0.39, 0.29) is 5.97 Å². The van der Waals surface area contributed by atoms with Crippen molar-refractivity contribution in [3.63, 3.8) is 0 Å². The molecule has 0 radical (unpaired) electrons. The third kappa shape index (κ3) is 4.35. The highest BCUT2D eigenvalue weighted by atomic mass is 16.7. The second-order valence-electron chi connectivity index (χ2n) is 5.28. The van der Waals surface area contributed by atoms with Gasteiger partial charge in [0.2, 0.25) is 5.79 Å². The van der Waals surface area contributed by atoms with Crippen molar-refractivity contribution in [3.8, 4) is 0 Å². The zero-order valence-electron chi connectivity index (χ0n) is 12.6. The maximum atomic E-state index is 11.3. The second kappa shape index (κ2) is 6.71. The number of rotatable bonds is 6. The fourth-order valence-corrected chi connectivity index (χ4v) is 2.05. The minimum absolute atomic E-state index is 0.324. The molecule has 3 heteroatoms. The molecule has 1 heterocycles. The van der Waals surface area contributed by atoms with Gasteiger partial charge < -0.3 is 9.47 Å². The Balaban J connectivity index is 2.61. The summed E-state index contributed by atoms with van der Waals surface area (Å²) in [5.74, 6) is -1.22. The lowest BCUT2D eigenvalue weighted by Crippen LogP contribution is -2.33. The third-order valence-electron chi connectivity index (χ3n) is 3.34. The quantitative estimate of drug-likeness (QED) is 0.539. The first-order chi connectivity index (χ1) is 8.89. The van der Waals surface area contributed by atoms with E-state index in [9.17, 15) is 4.79 Å². The molecule has 0 spiro atoms. The largest absolute Gasteiger partial charge is 0.425 e. The number of carbonyl (C=O) groups is 1. The Morgan fingerprint density at radius 1 is 1.37 bits per heavy atom. The highest BCUT2D eigenvalue weighted by Crippen LogP contribution is 2.32. The van der Waals surface area contributed by atoms with E-state index in [0.29, 0.717) is 6.42 Å². The van der Waals surface area contributed by atoms with E-state index in [0.717, 1.165) is 18.4 Å². The molecule has 0 aromatic carbocycles. The molecule has 1 aliphatic rings. The van der Waals surface area contributed by atoms with Crippen molar-refractivity contribution in [1.29, 1.82) is 0 Å². The standard InChI is InChI=1S/C16H24O3/c1-12(2)7-6-8-13(3)9-10-16(18-5)14(4)11-15(17)19-16/h7,9,11H,6,8,10H2,1-5H3/b13-9+. The number of methoxy groups -OCH3 is 1. The van der Waals surface area contributed by atoms with Gasteiger partial charge in [0.1, 0.15) is 0 Å². The lowest BCUT2D eigenvalue weighted by molar-refractivity contribution is -0.190. The van der Waals surface area contributed by atoms with Gasteiger partial charge in [-0.05, 0) is 40.5 Å². The Labute approximate surface area is 116 Å². The molecule has 1 atom stereocenters. The van der Waals surface area contributed by atoms with E-state index in [1.807, 2.05) is 6.92 Å². The van der Waals surface area contributed by atoms with Gasteiger partial charge in [0, 0.05) is 25.2 Å². The average Bonchev–Trinajstić information content (AvgIpc) is 2.61. The van der Waals surface area contributed by atoms with E-state index < -0.39 is 5.79 Å². The van der Waals surface area contributed by atoms with E-state index in [1.54, 1.807) is 7.11 Å². The van der Waals surface area contributed by atoms with Gasteiger partial charge in [-0.1, -0.05) is 23.3 Å². The molecule has 0 saturated heterocycles. The Morgan fingerprint density at radius 2 is 2.05 bits per heavy atom. The predicted molar refractivity (Wildman–Crippen MR) is 76.6 cm³/mol. The summed E-state index contributed by atoms with van der Waals surface area (Å²) in [5.41, 5.74) is 3.45. The van der Waals surface area contributed by atoms with E-state index in [1.165, 1.54) is 17.2 Å². The lowest BCUT2D eigenvalue weighted by Gasteiger charge is -2.27. The summed E-state index contributed by atoms with van der Waals surface area (Å²) in [5, 5.41) is 0. The zero-order valence-corrected chi connectivity index (χ0v) is 12.6. The Morgan fingerprint density at radius 3 is 2.53 bits per heavy atom. The minimum Gasteiger partial charge on any atom is -0.425 e. The van der Waals surface area contributed by atoms with Crippen LogP contribution in [0.4, 0.5) is 0 Å². The van der Waals surface area contributed by atoms with Gasteiger partial charge in [-0.3, -0.25) is 0 Å². The molecule has 1 rings (SSSR count). The summed E-state index contributed by atoms with van der Waals surface area (Å²) >= 11 is 0. The van der Waals surface area contributed by atoms with Gasteiger partial charge in [0.15, 0.2) is 0 Å². The zero-order chi connectivity index (χ0) is 14.5. The van der Waals surface area contributed by atoms with Crippen LogP contribution in [0.5, 0.6) is 0 Å². The number of allylic oxidation sites excluding steroid dienone is 3. The van der Waals surface area contributed by atoms with Crippen LogP contribution in [0, 0.1) is 0 Å². The number of hydrogen-bond acceptors (Lipinski definition) is 3. The molecule has 1 unspecified atom stereocenters. The van der Waals surface area contributed by atoms with E-state index >= 15 is 0 Å². The molecule has 0 bridgehead atoms. The van der Waals surface area contributed by atoms with Crippen LogP contribution in [0.1, 0.15) is 47.0 Å². The monoisotopic (exact) mass is 264 g/mol. The van der Waals surface area contributed by atoms with Crippen LogP contribution in [-0.2, 0) is 14.3 Å². The highest BCUT2D eigenvalue weighted by molar-refractivity contribution is 5.86. The van der Waals surface area contributed by atoms with Gasteiger partial charge >= 0.3 is 5.97 Å². The molecule has 0 saturated carbocycles. The fourth-order valence-electron chi connectivity index (χ4n) is 2.05. The van der Waals surface area contributed by atoms with Crippen molar-refractivity contribution in [2.75, 3.05) is 7.11 Å². The maximum Gasteiger partial charge on any atom is 0.333 e. The van der Waals surface area contributed by atoms with Gasteiger partial charge in [-0.2, -0.15) is 0 Å². The average molecular weight is 264 g/mol. The first-order valence-electron chi connectivity index (χ1n) is 6.65. The number of carbonyl (C=O) groups excluding carboxylic acids is 1. The summed E-state index contributed by atoms with van der Waals surface area (Å²) in [6, 6.07) is 0. The molecule has 0 aromatic rings. The Kier molecular flexibility index (Phi) is 5.55.